The Morgan fingerprint density at radius 1 is 1.53 bits per heavy atom. The van der Waals surface area contributed by atoms with E-state index >= 15 is 0 Å². The van der Waals surface area contributed by atoms with Gasteiger partial charge in [0.1, 0.15) is 5.76 Å². The van der Waals surface area contributed by atoms with E-state index in [1.165, 1.54) is 19.3 Å². The standard InChI is InChI=1S/C13H18ClNO2/c1-9-5-3-4-8-15(9)10(2)11-6-7-12(17-11)13(14)16/h6-7,9-10H,3-5,8H2,1-2H3. The molecule has 0 radical (unpaired) electrons. The van der Waals surface area contributed by atoms with Gasteiger partial charge in [-0.15, -0.1) is 0 Å². The molecule has 0 aliphatic carbocycles. The van der Waals surface area contributed by atoms with Crippen LogP contribution in [-0.4, -0.2) is 22.7 Å². The minimum atomic E-state index is -0.532. The topological polar surface area (TPSA) is 33.5 Å². The molecule has 1 saturated heterocycles. The van der Waals surface area contributed by atoms with Crippen LogP contribution in [0.3, 0.4) is 0 Å². The van der Waals surface area contributed by atoms with Gasteiger partial charge in [-0.3, -0.25) is 9.69 Å². The summed E-state index contributed by atoms with van der Waals surface area (Å²) in [6.45, 7) is 5.45. The van der Waals surface area contributed by atoms with Crippen LogP contribution >= 0.6 is 11.6 Å². The molecule has 2 rings (SSSR count). The molecule has 2 atom stereocenters. The van der Waals surface area contributed by atoms with Crippen molar-refractivity contribution in [3.8, 4) is 0 Å². The molecule has 2 unspecified atom stereocenters. The Bertz CT molecular complexity index is 402. The lowest BCUT2D eigenvalue weighted by Gasteiger charge is -2.37. The first kappa shape index (κ1) is 12.7. The van der Waals surface area contributed by atoms with Crippen LogP contribution in [0.4, 0.5) is 0 Å². The number of carbonyl (C=O) groups is 1. The maximum absolute atomic E-state index is 11.0. The number of hydrogen-bond acceptors (Lipinski definition) is 3. The molecule has 0 amide bonds. The SMILES string of the molecule is CC1CCCCN1C(C)c1ccc(C(=O)Cl)o1. The summed E-state index contributed by atoms with van der Waals surface area (Å²) in [5.41, 5.74) is 0. The van der Waals surface area contributed by atoms with E-state index in [-0.39, 0.29) is 11.8 Å². The van der Waals surface area contributed by atoms with Gasteiger partial charge < -0.3 is 4.42 Å². The highest BCUT2D eigenvalue weighted by atomic mass is 35.5. The van der Waals surface area contributed by atoms with Crippen LogP contribution in [0.15, 0.2) is 16.5 Å². The van der Waals surface area contributed by atoms with Crippen molar-refractivity contribution in [2.75, 3.05) is 6.54 Å². The number of furan rings is 1. The van der Waals surface area contributed by atoms with Crippen molar-refractivity contribution in [3.05, 3.63) is 23.7 Å². The smallest absolute Gasteiger partial charge is 0.287 e. The summed E-state index contributed by atoms with van der Waals surface area (Å²) in [4.78, 5) is 13.4. The van der Waals surface area contributed by atoms with Crippen molar-refractivity contribution in [3.63, 3.8) is 0 Å². The van der Waals surface area contributed by atoms with Crippen molar-refractivity contribution in [1.29, 1.82) is 0 Å². The summed E-state index contributed by atoms with van der Waals surface area (Å²) in [5.74, 6) is 1.06. The monoisotopic (exact) mass is 255 g/mol. The predicted octanol–water partition coefficient (Wildman–Crippen LogP) is 3.59. The molecule has 1 aliphatic rings. The lowest BCUT2D eigenvalue weighted by molar-refractivity contribution is 0.0969. The molecule has 94 valence electrons. The fourth-order valence-corrected chi connectivity index (χ4v) is 2.64. The van der Waals surface area contributed by atoms with E-state index in [4.69, 9.17) is 16.0 Å². The van der Waals surface area contributed by atoms with Crippen molar-refractivity contribution >= 4 is 16.8 Å². The summed E-state index contributed by atoms with van der Waals surface area (Å²) >= 11 is 5.39. The minimum Gasteiger partial charge on any atom is -0.455 e. The molecule has 0 saturated carbocycles. The molecule has 0 N–H and O–H groups in total. The molecule has 1 aromatic heterocycles. The zero-order valence-electron chi connectivity index (χ0n) is 10.3. The van der Waals surface area contributed by atoms with E-state index in [2.05, 4.69) is 18.7 Å². The van der Waals surface area contributed by atoms with Crippen LogP contribution in [0.5, 0.6) is 0 Å². The zero-order valence-corrected chi connectivity index (χ0v) is 11.0. The highest BCUT2D eigenvalue weighted by Gasteiger charge is 2.26. The van der Waals surface area contributed by atoms with E-state index < -0.39 is 5.24 Å². The number of rotatable bonds is 3. The molecule has 1 aromatic rings. The molecule has 0 spiro atoms. The number of carbonyl (C=O) groups excluding carboxylic acids is 1. The molecule has 1 aliphatic heterocycles. The van der Waals surface area contributed by atoms with E-state index in [1.807, 2.05) is 6.07 Å². The molecule has 17 heavy (non-hydrogen) atoms. The molecule has 2 heterocycles. The maximum atomic E-state index is 11.0. The largest absolute Gasteiger partial charge is 0.455 e. The van der Waals surface area contributed by atoms with Gasteiger partial charge in [-0.05, 0) is 57.0 Å². The van der Waals surface area contributed by atoms with Gasteiger partial charge >= 0.3 is 0 Å². The van der Waals surface area contributed by atoms with Crippen molar-refractivity contribution in [2.45, 2.75) is 45.2 Å². The van der Waals surface area contributed by atoms with Crippen LogP contribution in [0, 0.1) is 0 Å². The minimum absolute atomic E-state index is 0.204. The van der Waals surface area contributed by atoms with E-state index in [0.29, 0.717) is 6.04 Å². The Morgan fingerprint density at radius 3 is 2.88 bits per heavy atom. The summed E-state index contributed by atoms with van der Waals surface area (Å²) in [6.07, 6.45) is 3.76. The van der Waals surface area contributed by atoms with Gasteiger partial charge in [0.05, 0.1) is 6.04 Å². The average Bonchev–Trinajstić information content (AvgIpc) is 2.78. The zero-order chi connectivity index (χ0) is 12.4. The average molecular weight is 256 g/mol. The molecule has 0 aromatic carbocycles. The van der Waals surface area contributed by atoms with Gasteiger partial charge in [0.2, 0.25) is 0 Å². The van der Waals surface area contributed by atoms with Crippen LogP contribution in [0.25, 0.3) is 0 Å². The Morgan fingerprint density at radius 2 is 2.29 bits per heavy atom. The third-order valence-corrected chi connectivity index (χ3v) is 3.77. The lowest BCUT2D eigenvalue weighted by atomic mass is 10.0. The van der Waals surface area contributed by atoms with Crippen molar-refractivity contribution in [2.24, 2.45) is 0 Å². The third-order valence-electron chi connectivity index (χ3n) is 3.58. The molecular formula is C13H18ClNO2. The number of halogens is 1. The third kappa shape index (κ3) is 2.72. The molecular weight excluding hydrogens is 238 g/mol. The van der Waals surface area contributed by atoms with Crippen molar-refractivity contribution in [1.82, 2.24) is 4.90 Å². The second-order valence-electron chi connectivity index (χ2n) is 4.73. The first-order chi connectivity index (χ1) is 8.09. The van der Waals surface area contributed by atoms with Crippen LogP contribution < -0.4 is 0 Å². The number of likely N-dealkylation sites (tertiary alicyclic amines) is 1. The normalized spacial score (nSPS) is 23.6. The molecule has 3 nitrogen and oxygen atoms in total. The fraction of sp³-hybridized carbons (Fsp3) is 0.615. The number of hydrogen-bond donors (Lipinski definition) is 0. The Labute approximate surface area is 107 Å². The van der Waals surface area contributed by atoms with Gasteiger partial charge in [-0.25, -0.2) is 0 Å². The second-order valence-corrected chi connectivity index (χ2v) is 5.08. The van der Waals surface area contributed by atoms with Gasteiger partial charge in [-0.1, -0.05) is 6.42 Å². The Hall–Kier alpha value is -0.800. The Kier molecular flexibility index (Phi) is 3.89. The van der Waals surface area contributed by atoms with Crippen LogP contribution in [-0.2, 0) is 0 Å². The quantitative estimate of drug-likeness (QED) is 0.774. The van der Waals surface area contributed by atoms with E-state index in [0.717, 1.165) is 12.3 Å². The molecule has 1 fully saturated rings. The predicted molar refractivity (Wildman–Crippen MR) is 67.3 cm³/mol. The highest BCUT2D eigenvalue weighted by molar-refractivity contribution is 6.67. The first-order valence-electron chi connectivity index (χ1n) is 6.15. The highest BCUT2D eigenvalue weighted by Crippen LogP contribution is 2.29. The maximum Gasteiger partial charge on any atom is 0.287 e. The summed E-state index contributed by atoms with van der Waals surface area (Å²) in [5, 5.41) is -0.532. The van der Waals surface area contributed by atoms with Crippen LogP contribution in [0.2, 0.25) is 0 Å². The van der Waals surface area contributed by atoms with E-state index in [9.17, 15) is 4.79 Å². The Balaban J connectivity index is 2.12. The summed E-state index contributed by atoms with van der Waals surface area (Å²) in [7, 11) is 0. The molecule has 4 heteroatoms. The fourth-order valence-electron chi connectivity index (χ4n) is 2.54. The summed E-state index contributed by atoms with van der Waals surface area (Å²) < 4.78 is 5.49. The lowest BCUT2D eigenvalue weighted by Crippen LogP contribution is -2.39. The van der Waals surface area contributed by atoms with Crippen molar-refractivity contribution < 1.29 is 9.21 Å². The second kappa shape index (κ2) is 5.23. The number of nitrogens with zero attached hydrogens (tertiary/aromatic N) is 1. The van der Waals surface area contributed by atoms with E-state index in [1.54, 1.807) is 6.07 Å². The first-order valence-corrected chi connectivity index (χ1v) is 6.52. The van der Waals surface area contributed by atoms with Gasteiger partial charge in [0.15, 0.2) is 5.76 Å². The molecule has 0 bridgehead atoms. The number of piperidine rings is 1. The van der Waals surface area contributed by atoms with Gasteiger partial charge in [0.25, 0.3) is 5.24 Å². The van der Waals surface area contributed by atoms with Gasteiger partial charge in [0, 0.05) is 6.04 Å². The van der Waals surface area contributed by atoms with Crippen LogP contribution in [0.1, 0.15) is 55.5 Å². The summed E-state index contributed by atoms with van der Waals surface area (Å²) in [6, 6.07) is 4.27. The van der Waals surface area contributed by atoms with Gasteiger partial charge in [-0.2, -0.15) is 0 Å².